The smallest absolute Gasteiger partial charge is 0.408 e. The lowest BCUT2D eigenvalue weighted by atomic mass is 10.0. The molecule has 178 valence electrons. The van der Waals surface area contributed by atoms with E-state index in [1.165, 1.54) is 49.4 Å². The molecule has 4 aromatic rings. The average Bonchev–Trinajstić information content (AvgIpc) is 2.84. The highest BCUT2D eigenvalue weighted by molar-refractivity contribution is 5.86. The summed E-state index contributed by atoms with van der Waals surface area (Å²) in [6.45, 7) is 3.06. The fourth-order valence-electron chi connectivity index (χ4n) is 3.50. The minimum absolute atomic E-state index is 0.0814. The van der Waals surface area contributed by atoms with Gasteiger partial charge in [-0.15, -0.1) is 0 Å². The van der Waals surface area contributed by atoms with E-state index in [1.54, 1.807) is 6.92 Å². The molecule has 4 rings (SSSR count). The molecule has 0 spiro atoms. The van der Waals surface area contributed by atoms with Gasteiger partial charge >= 0.3 is 12.1 Å². The highest BCUT2D eigenvalue weighted by atomic mass is 19.1. The topological polar surface area (TPSA) is 94.8 Å². The lowest BCUT2D eigenvalue weighted by molar-refractivity contribution is -0.136. The maximum Gasteiger partial charge on any atom is 0.408 e. The predicted octanol–water partition coefficient (Wildman–Crippen LogP) is 5.13. The van der Waals surface area contributed by atoms with Gasteiger partial charge in [0.15, 0.2) is 0 Å². The number of esters is 1. The summed E-state index contributed by atoms with van der Waals surface area (Å²) in [5, 5.41) is 2.73. The number of nitrogens with one attached hydrogen (secondary N) is 1. The number of alkyl carbamates (subject to hydrolysis) is 1. The van der Waals surface area contributed by atoms with Crippen LogP contribution in [-0.2, 0) is 16.1 Å². The lowest BCUT2D eigenvalue weighted by Gasteiger charge is -2.14. The molecule has 1 unspecified atom stereocenters. The van der Waals surface area contributed by atoms with E-state index in [0.717, 1.165) is 5.56 Å². The monoisotopic (exact) mass is 475 g/mol. The molecule has 3 aromatic carbocycles. The van der Waals surface area contributed by atoms with Gasteiger partial charge in [0.1, 0.15) is 35.6 Å². The molecule has 0 aliphatic rings. The van der Waals surface area contributed by atoms with Gasteiger partial charge in [0.25, 0.3) is 0 Å². The number of carbonyl (C=O) groups is 2. The molecule has 1 aromatic heterocycles. The van der Waals surface area contributed by atoms with Crippen molar-refractivity contribution < 1.29 is 27.9 Å². The van der Waals surface area contributed by atoms with Crippen molar-refractivity contribution in [3.05, 3.63) is 100 Å². The summed E-state index contributed by atoms with van der Waals surface area (Å²) in [5.41, 5.74) is 1.91. The Bertz CT molecular complexity index is 1430. The van der Waals surface area contributed by atoms with Crippen LogP contribution < -0.4 is 15.5 Å². The van der Waals surface area contributed by atoms with E-state index in [9.17, 15) is 18.8 Å². The normalized spacial score (nSPS) is 11.6. The van der Waals surface area contributed by atoms with Crippen molar-refractivity contribution in [3.8, 4) is 16.9 Å². The highest BCUT2D eigenvalue weighted by Crippen LogP contribution is 2.26. The third-order valence-electron chi connectivity index (χ3n) is 5.29. The van der Waals surface area contributed by atoms with Gasteiger partial charge in [0.2, 0.25) is 5.43 Å². The van der Waals surface area contributed by atoms with Crippen molar-refractivity contribution in [2.45, 2.75) is 26.5 Å². The van der Waals surface area contributed by atoms with Crippen molar-refractivity contribution in [2.24, 2.45) is 0 Å². The van der Waals surface area contributed by atoms with E-state index < -0.39 is 23.9 Å². The lowest BCUT2D eigenvalue weighted by Crippen LogP contribution is -2.41. The summed E-state index contributed by atoms with van der Waals surface area (Å²) in [6.07, 6.45) is -0.827. The van der Waals surface area contributed by atoms with Crippen LogP contribution in [0, 0.1) is 12.7 Å². The van der Waals surface area contributed by atoms with Crippen molar-refractivity contribution in [3.63, 3.8) is 0 Å². The molecule has 1 heterocycles. The van der Waals surface area contributed by atoms with Gasteiger partial charge in [-0.05, 0) is 49.2 Å². The minimum Gasteiger partial charge on any atom is -0.460 e. The fourth-order valence-corrected chi connectivity index (χ4v) is 3.50. The quantitative estimate of drug-likeness (QED) is 0.307. The summed E-state index contributed by atoms with van der Waals surface area (Å²) >= 11 is 0. The Hall–Kier alpha value is -4.46. The molecule has 1 atom stereocenters. The molecule has 1 N–H and O–H groups in total. The zero-order valence-corrected chi connectivity index (χ0v) is 19.0. The summed E-state index contributed by atoms with van der Waals surface area (Å²) in [4.78, 5) is 37.5. The third kappa shape index (κ3) is 5.55. The molecule has 0 saturated carbocycles. The van der Waals surface area contributed by atoms with E-state index in [2.05, 4.69) is 5.32 Å². The summed E-state index contributed by atoms with van der Waals surface area (Å²) in [5.74, 6) is -0.528. The largest absolute Gasteiger partial charge is 0.460 e. The number of aryl methyl sites for hydroxylation is 1. The number of hydrogen-bond acceptors (Lipinski definition) is 6. The van der Waals surface area contributed by atoms with Crippen LogP contribution >= 0.6 is 0 Å². The summed E-state index contributed by atoms with van der Waals surface area (Å²) in [7, 11) is 0. The minimum atomic E-state index is -1.01. The molecule has 0 aliphatic carbocycles. The Morgan fingerprint density at radius 3 is 2.46 bits per heavy atom. The predicted molar refractivity (Wildman–Crippen MR) is 127 cm³/mol. The molecule has 0 aliphatic heterocycles. The maximum atomic E-state index is 13.0. The van der Waals surface area contributed by atoms with Gasteiger partial charge < -0.3 is 19.2 Å². The van der Waals surface area contributed by atoms with E-state index in [1.807, 2.05) is 30.3 Å². The van der Waals surface area contributed by atoms with E-state index in [4.69, 9.17) is 13.9 Å². The number of rotatable bonds is 6. The number of carbonyl (C=O) groups excluding carboxylic acids is 2. The number of hydrogen-bond donors (Lipinski definition) is 1. The third-order valence-corrected chi connectivity index (χ3v) is 5.29. The van der Waals surface area contributed by atoms with Crippen LogP contribution in [0.25, 0.3) is 22.1 Å². The van der Waals surface area contributed by atoms with Crippen molar-refractivity contribution in [2.75, 3.05) is 0 Å². The Kier molecular flexibility index (Phi) is 6.91. The maximum absolute atomic E-state index is 13.0. The zero-order chi connectivity index (χ0) is 24.9. The van der Waals surface area contributed by atoms with E-state index in [0.29, 0.717) is 22.3 Å². The molecule has 0 radical (unpaired) electrons. The molecule has 0 bridgehead atoms. The Balaban J connectivity index is 1.42. The molecule has 35 heavy (non-hydrogen) atoms. The van der Waals surface area contributed by atoms with Gasteiger partial charge in [-0.2, -0.15) is 0 Å². The zero-order valence-electron chi connectivity index (χ0n) is 19.0. The summed E-state index contributed by atoms with van der Waals surface area (Å²) in [6, 6.07) is 18.2. The van der Waals surface area contributed by atoms with Crippen molar-refractivity contribution in [1.82, 2.24) is 5.32 Å². The molecular weight excluding hydrogens is 453 g/mol. The number of fused-ring (bicyclic) bond motifs is 1. The molecule has 1 amide bonds. The van der Waals surface area contributed by atoms with Crippen molar-refractivity contribution in [1.29, 1.82) is 0 Å². The van der Waals surface area contributed by atoms with Crippen LogP contribution in [0.15, 0.2) is 82.0 Å². The van der Waals surface area contributed by atoms with Gasteiger partial charge in [-0.25, -0.2) is 14.0 Å². The van der Waals surface area contributed by atoms with Crippen LogP contribution in [0.3, 0.4) is 0 Å². The van der Waals surface area contributed by atoms with Crippen LogP contribution in [-0.4, -0.2) is 18.1 Å². The Labute approximate surface area is 200 Å². The number of ether oxygens (including phenoxy) is 2. The standard InChI is InChI=1S/C27H22FNO6/c1-16(29-27(32)33-15-18-8-10-20(28)11-9-18)26(31)35-21-12-13-22-23(14-21)34-17(2)24(25(22)30)19-6-4-3-5-7-19/h3-14,16H,15H2,1-2H3,(H,29,32). The first-order chi connectivity index (χ1) is 16.8. The molecule has 8 heteroatoms. The molecule has 0 fully saturated rings. The first-order valence-electron chi connectivity index (χ1n) is 10.8. The first kappa shape index (κ1) is 23.7. The fraction of sp³-hybridized carbons (Fsp3) is 0.148. The average molecular weight is 475 g/mol. The number of benzene rings is 3. The van der Waals surface area contributed by atoms with E-state index >= 15 is 0 Å². The van der Waals surface area contributed by atoms with Crippen LogP contribution in [0.5, 0.6) is 5.75 Å². The first-order valence-corrected chi connectivity index (χ1v) is 10.8. The Morgan fingerprint density at radius 1 is 1.03 bits per heavy atom. The van der Waals surface area contributed by atoms with Crippen LogP contribution in [0.2, 0.25) is 0 Å². The molecular formula is C27H22FNO6. The second-order valence-corrected chi connectivity index (χ2v) is 7.88. The van der Waals surface area contributed by atoms with Crippen LogP contribution in [0.1, 0.15) is 18.2 Å². The van der Waals surface area contributed by atoms with Crippen molar-refractivity contribution >= 4 is 23.0 Å². The van der Waals surface area contributed by atoms with Gasteiger partial charge in [0, 0.05) is 6.07 Å². The molecule has 7 nitrogen and oxygen atoms in total. The van der Waals surface area contributed by atoms with Gasteiger partial charge in [0.05, 0.1) is 10.9 Å². The van der Waals surface area contributed by atoms with Gasteiger partial charge in [-0.3, -0.25) is 4.79 Å². The SMILES string of the molecule is Cc1oc2cc(OC(=O)C(C)NC(=O)OCc3ccc(F)cc3)ccc2c(=O)c1-c1ccccc1. The van der Waals surface area contributed by atoms with E-state index in [-0.39, 0.29) is 23.4 Å². The van der Waals surface area contributed by atoms with Crippen LogP contribution in [0.4, 0.5) is 9.18 Å². The van der Waals surface area contributed by atoms with Gasteiger partial charge in [-0.1, -0.05) is 42.5 Å². The Morgan fingerprint density at radius 2 is 1.74 bits per heavy atom. The second kappa shape index (κ2) is 10.2. The molecule has 0 saturated heterocycles. The number of amides is 1. The summed E-state index contributed by atoms with van der Waals surface area (Å²) < 4.78 is 29.2. The highest BCUT2D eigenvalue weighted by Gasteiger charge is 2.20. The second-order valence-electron chi connectivity index (χ2n) is 7.88. The number of halogens is 1.